The largest absolute Gasteiger partial charge is 0.508 e. The first-order valence-electron chi connectivity index (χ1n) is 5.78. The molecule has 0 aliphatic heterocycles. The highest BCUT2D eigenvalue weighted by Gasteiger charge is 2.14. The Kier molecular flexibility index (Phi) is 4.10. The van der Waals surface area contributed by atoms with Crippen LogP contribution in [-0.4, -0.2) is 11.0 Å². The molecule has 0 spiro atoms. The molecule has 0 heterocycles. The van der Waals surface area contributed by atoms with Crippen LogP contribution >= 0.6 is 11.6 Å². The molecule has 6 heteroatoms. The van der Waals surface area contributed by atoms with Gasteiger partial charge in [-0.2, -0.15) is 0 Å². The summed E-state index contributed by atoms with van der Waals surface area (Å²) in [5.74, 6) is -1.39. The molecule has 0 aromatic heterocycles. The van der Waals surface area contributed by atoms with Gasteiger partial charge in [0, 0.05) is 17.8 Å². The summed E-state index contributed by atoms with van der Waals surface area (Å²) < 4.78 is 13.7. The minimum absolute atomic E-state index is 0.00562. The van der Waals surface area contributed by atoms with Gasteiger partial charge in [0.05, 0.1) is 10.6 Å². The van der Waals surface area contributed by atoms with E-state index in [4.69, 9.17) is 17.3 Å². The maximum absolute atomic E-state index is 13.7. The lowest BCUT2D eigenvalue weighted by Crippen LogP contribution is -2.24. The zero-order valence-corrected chi connectivity index (χ0v) is 11.1. The van der Waals surface area contributed by atoms with Crippen molar-refractivity contribution < 1.29 is 14.3 Å². The topological polar surface area (TPSA) is 75.3 Å². The van der Waals surface area contributed by atoms with Gasteiger partial charge in [-0.1, -0.05) is 17.7 Å². The van der Waals surface area contributed by atoms with E-state index >= 15 is 0 Å². The van der Waals surface area contributed by atoms with Gasteiger partial charge in [0.15, 0.2) is 5.82 Å². The quantitative estimate of drug-likeness (QED) is 0.602. The Morgan fingerprint density at radius 1 is 1.35 bits per heavy atom. The summed E-state index contributed by atoms with van der Waals surface area (Å²) in [6.45, 7) is 0.0294. The minimum Gasteiger partial charge on any atom is -0.508 e. The predicted octanol–water partition coefficient (Wildman–Crippen LogP) is 2.70. The van der Waals surface area contributed by atoms with Gasteiger partial charge in [0.1, 0.15) is 5.75 Å². The Morgan fingerprint density at radius 3 is 2.85 bits per heavy atom. The fourth-order valence-corrected chi connectivity index (χ4v) is 1.87. The smallest absolute Gasteiger partial charge is 0.254 e. The van der Waals surface area contributed by atoms with Crippen molar-refractivity contribution in [3.63, 3.8) is 0 Å². The lowest BCUT2D eigenvalue weighted by atomic mass is 10.1. The molecule has 0 unspecified atom stereocenters. The SMILES string of the molecule is Nc1ccc(O)c(CNC(=O)c2cccc(Cl)c2F)c1. The van der Waals surface area contributed by atoms with Crippen molar-refractivity contribution >= 4 is 23.2 Å². The van der Waals surface area contributed by atoms with Gasteiger partial charge in [0.25, 0.3) is 5.91 Å². The standard InChI is InChI=1S/C14H12ClFN2O2/c15-11-3-1-2-10(13(11)16)14(20)18-7-8-6-9(17)4-5-12(8)19/h1-6,19H,7,17H2,(H,18,20). The van der Waals surface area contributed by atoms with Crippen LogP contribution in [-0.2, 0) is 6.54 Å². The number of hydrogen-bond donors (Lipinski definition) is 3. The lowest BCUT2D eigenvalue weighted by molar-refractivity contribution is 0.0946. The van der Waals surface area contributed by atoms with Crippen LogP contribution in [0.15, 0.2) is 36.4 Å². The molecule has 0 bridgehead atoms. The number of benzene rings is 2. The van der Waals surface area contributed by atoms with Crippen molar-refractivity contribution in [1.29, 1.82) is 0 Å². The molecule has 2 rings (SSSR count). The number of phenolic OH excluding ortho intramolecular Hbond substituents is 1. The van der Waals surface area contributed by atoms with Crippen LogP contribution in [0.4, 0.5) is 10.1 Å². The number of anilines is 1. The van der Waals surface area contributed by atoms with Crippen molar-refractivity contribution in [3.05, 3.63) is 58.4 Å². The van der Waals surface area contributed by atoms with E-state index in [-0.39, 0.29) is 22.9 Å². The maximum Gasteiger partial charge on any atom is 0.254 e. The highest BCUT2D eigenvalue weighted by atomic mass is 35.5. The molecule has 1 amide bonds. The maximum atomic E-state index is 13.7. The van der Waals surface area contributed by atoms with Crippen LogP contribution in [0.25, 0.3) is 0 Å². The van der Waals surface area contributed by atoms with Gasteiger partial charge in [-0.25, -0.2) is 4.39 Å². The lowest BCUT2D eigenvalue weighted by Gasteiger charge is -2.09. The first-order valence-corrected chi connectivity index (χ1v) is 6.16. The first kappa shape index (κ1) is 14.1. The summed E-state index contributed by atoms with van der Waals surface area (Å²) in [5, 5.41) is 12.0. The van der Waals surface area contributed by atoms with E-state index in [1.54, 1.807) is 0 Å². The van der Waals surface area contributed by atoms with Crippen LogP contribution < -0.4 is 11.1 Å². The molecule has 4 nitrogen and oxygen atoms in total. The number of amides is 1. The molecular formula is C14H12ClFN2O2. The number of hydrogen-bond acceptors (Lipinski definition) is 3. The molecule has 2 aromatic carbocycles. The zero-order valence-electron chi connectivity index (χ0n) is 10.4. The second-order valence-corrected chi connectivity index (χ2v) is 4.58. The zero-order chi connectivity index (χ0) is 14.7. The average Bonchev–Trinajstić information content (AvgIpc) is 2.42. The number of rotatable bonds is 3. The van der Waals surface area contributed by atoms with Crippen LogP contribution in [0.5, 0.6) is 5.75 Å². The molecule has 0 aliphatic rings. The molecule has 4 N–H and O–H groups in total. The van der Waals surface area contributed by atoms with E-state index in [0.717, 1.165) is 0 Å². The van der Waals surface area contributed by atoms with Crippen molar-refractivity contribution in [3.8, 4) is 5.75 Å². The van der Waals surface area contributed by atoms with Crippen molar-refractivity contribution in [2.24, 2.45) is 0 Å². The summed E-state index contributed by atoms with van der Waals surface area (Å²) in [4.78, 5) is 11.9. The molecule has 0 radical (unpaired) electrons. The van der Waals surface area contributed by atoms with E-state index in [0.29, 0.717) is 11.3 Å². The van der Waals surface area contributed by atoms with Crippen molar-refractivity contribution in [1.82, 2.24) is 5.32 Å². The molecule has 0 saturated carbocycles. The average molecular weight is 295 g/mol. The number of phenols is 1. The highest BCUT2D eigenvalue weighted by molar-refractivity contribution is 6.31. The molecule has 0 aliphatic carbocycles. The number of carbonyl (C=O) groups is 1. The number of nitrogens with one attached hydrogen (secondary N) is 1. The van der Waals surface area contributed by atoms with E-state index < -0.39 is 11.7 Å². The van der Waals surface area contributed by atoms with Gasteiger partial charge in [0.2, 0.25) is 0 Å². The Balaban J connectivity index is 2.13. The fraction of sp³-hybridized carbons (Fsp3) is 0.0714. The molecule has 0 saturated heterocycles. The molecule has 20 heavy (non-hydrogen) atoms. The summed E-state index contributed by atoms with van der Waals surface area (Å²) in [5.41, 5.74) is 6.34. The third-order valence-electron chi connectivity index (χ3n) is 2.74. The monoisotopic (exact) mass is 294 g/mol. The predicted molar refractivity (Wildman–Crippen MR) is 75.1 cm³/mol. The molecule has 0 atom stereocenters. The van der Waals surface area contributed by atoms with Gasteiger partial charge in [-0.15, -0.1) is 0 Å². The number of aromatic hydroxyl groups is 1. The second kappa shape index (κ2) is 5.79. The number of nitrogen functional groups attached to an aromatic ring is 1. The third-order valence-corrected chi connectivity index (χ3v) is 3.03. The summed E-state index contributed by atoms with van der Waals surface area (Å²) >= 11 is 5.61. The van der Waals surface area contributed by atoms with Crippen LogP contribution in [0, 0.1) is 5.82 Å². The van der Waals surface area contributed by atoms with E-state index in [2.05, 4.69) is 5.32 Å². The first-order chi connectivity index (χ1) is 9.49. The van der Waals surface area contributed by atoms with Crippen LogP contribution in [0.1, 0.15) is 15.9 Å². The second-order valence-electron chi connectivity index (χ2n) is 4.17. The van der Waals surface area contributed by atoms with E-state index in [1.807, 2.05) is 0 Å². The van der Waals surface area contributed by atoms with Gasteiger partial charge < -0.3 is 16.2 Å². The van der Waals surface area contributed by atoms with Gasteiger partial charge >= 0.3 is 0 Å². The highest BCUT2D eigenvalue weighted by Crippen LogP contribution is 2.20. The van der Waals surface area contributed by atoms with Crippen molar-refractivity contribution in [2.75, 3.05) is 5.73 Å². The normalized spacial score (nSPS) is 10.3. The van der Waals surface area contributed by atoms with Gasteiger partial charge in [-0.05, 0) is 30.3 Å². The number of carbonyl (C=O) groups excluding carboxylic acids is 1. The molecular weight excluding hydrogens is 283 g/mol. The summed E-state index contributed by atoms with van der Waals surface area (Å²) in [7, 11) is 0. The molecule has 2 aromatic rings. The Hall–Kier alpha value is -2.27. The van der Waals surface area contributed by atoms with Gasteiger partial charge in [-0.3, -0.25) is 4.79 Å². The molecule has 0 fully saturated rings. The Bertz CT molecular complexity index is 662. The summed E-state index contributed by atoms with van der Waals surface area (Å²) in [6, 6.07) is 8.67. The fourth-order valence-electron chi connectivity index (χ4n) is 1.70. The number of nitrogens with two attached hydrogens (primary N) is 1. The van der Waals surface area contributed by atoms with E-state index in [1.165, 1.54) is 36.4 Å². The third kappa shape index (κ3) is 3.00. The van der Waals surface area contributed by atoms with Crippen molar-refractivity contribution in [2.45, 2.75) is 6.54 Å². The summed E-state index contributed by atoms with van der Waals surface area (Å²) in [6.07, 6.45) is 0. The Labute approximate surface area is 120 Å². The molecule has 104 valence electrons. The number of halogens is 2. The van der Waals surface area contributed by atoms with Crippen LogP contribution in [0.3, 0.4) is 0 Å². The van der Waals surface area contributed by atoms with Crippen LogP contribution in [0.2, 0.25) is 5.02 Å². The minimum atomic E-state index is -0.775. The Morgan fingerprint density at radius 2 is 2.10 bits per heavy atom. The van der Waals surface area contributed by atoms with E-state index in [9.17, 15) is 14.3 Å².